The van der Waals surface area contributed by atoms with Crippen molar-refractivity contribution in [3.05, 3.63) is 77.9 Å². The Morgan fingerprint density at radius 1 is 1.31 bits per heavy atom. The molecule has 0 aliphatic carbocycles. The Morgan fingerprint density at radius 3 is 2.62 bits per heavy atom. The topological polar surface area (TPSA) is 110 Å². The quantitative estimate of drug-likeness (QED) is 0.145. The number of aromatic hydroxyl groups is 1. The van der Waals surface area contributed by atoms with E-state index in [0.717, 1.165) is 13.0 Å². The van der Waals surface area contributed by atoms with Gasteiger partial charge in [-0.1, -0.05) is 18.2 Å². The number of anilines is 1. The smallest absolute Gasteiger partial charge is 0.179 e. The first-order chi connectivity index (χ1) is 13.8. The summed E-state index contributed by atoms with van der Waals surface area (Å²) in [5.41, 5.74) is 8.91. The number of benzene rings is 1. The SMILES string of the molecule is C=CC/C=C(N=C(NN)c1cc(-c2ccc(O)c(F)c2)cnc1N)/C(F)=C(\C)F. The highest BCUT2D eigenvalue weighted by Gasteiger charge is 2.15. The van der Waals surface area contributed by atoms with Crippen molar-refractivity contribution in [2.45, 2.75) is 13.3 Å². The molecule has 152 valence electrons. The maximum Gasteiger partial charge on any atom is 0.179 e. The van der Waals surface area contributed by atoms with Crippen LogP contribution in [0.2, 0.25) is 0 Å². The molecule has 2 rings (SSSR count). The van der Waals surface area contributed by atoms with Crippen molar-refractivity contribution in [2.75, 3.05) is 5.73 Å². The molecule has 1 heterocycles. The van der Waals surface area contributed by atoms with Gasteiger partial charge in [-0.25, -0.2) is 29.0 Å². The van der Waals surface area contributed by atoms with Gasteiger partial charge in [-0.3, -0.25) is 0 Å². The Hall–Kier alpha value is -3.59. The van der Waals surface area contributed by atoms with E-state index in [4.69, 9.17) is 11.6 Å². The predicted molar refractivity (Wildman–Crippen MR) is 107 cm³/mol. The minimum Gasteiger partial charge on any atom is -0.505 e. The summed E-state index contributed by atoms with van der Waals surface area (Å²) >= 11 is 0. The molecule has 0 spiro atoms. The van der Waals surface area contributed by atoms with Gasteiger partial charge < -0.3 is 16.3 Å². The van der Waals surface area contributed by atoms with Crippen LogP contribution in [0.5, 0.6) is 5.75 Å². The molecule has 6 N–H and O–H groups in total. The third-order valence-electron chi connectivity index (χ3n) is 3.83. The standard InChI is InChI=1S/C20H20F3N5O/c1-3-4-5-16(18(23)11(2)21)27-20(28-25)14-8-13(10-26-19(14)24)12-6-7-17(29)15(22)9-12/h3,5-10,29H,1,4,25H2,2H3,(H2,24,26)(H,27,28)/b16-5-,18-11-. The minimum atomic E-state index is -1.16. The fourth-order valence-electron chi connectivity index (χ4n) is 2.36. The molecular weight excluding hydrogens is 383 g/mol. The van der Waals surface area contributed by atoms with Crippen LogP contribution in [0.3, 0.4) is 0 Å². The predicted octanol–water partition coefficient (Wildman–Crippen LogP) is 4.02. The number of rotatable bonds is 6. The Morgan fingerprint density at radius 2 is 2.03 bits per heavy atom. The lowest BCUT2D eigenvalue weighted by atomic mass is 10.0. The van der Waals surface area contributed by atoms with E-state index in [0.29, 0.717) is 11.1 Å². The van der Waals surface area contributed by atoms with Crippen LogP contribution in [0.15, 0.2) is 71.5 Å². The summed E-state index contributed by atoms with van der Waals surface area (Å²) < 4.78 is 41.2. The highest BCUT2D eigenvalue weighted by Crippen LogP contribution is 2.27. The zero-order valence-electron chi connectivity index (χ0n) is 15.6. The van der Waals surface area contributed by atoms with Crippen molar-refractivity contribution in [3.63, 3.8) is 0 Å². The average molecular weight is 403 g/mol. The van der Waals surface area contributed by atoms with Crippen LogP contribution in [0.4, 0.5) is 19.0 Å². The second kappa shape index (κ2) is 9.56. The number of hydrazine groups is 1. The van der Waals surface area contributed by atoms with Gasteiger partial charge in [-0.2, -0.15) is 0 Å². The number of nitrogens with zero attached hydrogens (tertiary/aromatic N) is 2. The van der Waals surface area contributed by atoms with E-state index in [2.05, 4.69) is 22.0 Å². The fraction of sp³-hybridized carbons (Fsp3) is 0.100. The van der Waals surface area contributed by atoms with Crippen LogP contribution in [0, 0.1) is 5.82 Å². The number of nitrogens with two attached hydrogens (primary N) is 2. The Kier molecular flexibility index (Phi) is 7.15. The number of hydrogen-bond acceptors (Lipinski definition) is 5. The van der Waals surface area contributed by atoms with Gasteiger partial charge in [0.25, 0.3) is 0 Å². The van der Waals surface area contributed by atoms with E-state index in [1.165, 1.54) is 36.5 Å². The number of amidine groups is 1. The van der Waals surface area contributed by atoms with Gasteiger partial charge in [-0.05, 0) is 37.1 Å². The first kappa shape index (κ1) is 21.7. The third kappa shape index (κ3) is 5.23. The first-order valence-corrected chi connectivity index (χ1v) is 8.41. The van der Waals surface area contributed by atoms with Gasteiger partial charge in [0, 0.05) is 11.8 Å². The molecule has 1 aromatic heterocycles. The zero-order chi connectivity index (χ0) is 21.6. The van der Waals surface area contributed by atoms with Crippen LogP contribution in [0.1, 0.15) is 18.9 Å². The lowest BCUT2D eigenvalue weighted by molar-refractivity contribution is 0.432. The molecule has 6 nitrogen and oxygen atoms in total. The first-order valence-electron chi connectivity index (χ1n) is 8.41. The van der Waals surface area contributed by atoms with Crippen molar-refractivity contribution >= 4 is 11.7 Å². The van der Waals surface area contributed by atoms with Crippen LogP contribution >= 0.6 is 0 Å². The number of pyridine rings is 1. The number of phenolic OH excluding ortho intramolecular Hbond substituents is 1. The number of halogens is 3. The Bertz CT molecular complexity index is 1010. The summed E-state index contributed by atoms with van der Waals surface area (Å²) in [6, 6.07) is 5.29. The second-order valence-electron chi connectivity index (χ2n) is 5.89. The fourth-order valence-corrected chi connectivity index (χ4v) is 2.36. The number of phenols is 1. The van der Waals surface area contributed by atoms with E-state index in [9.17, 15) is 18.3 Å². The maximum absolute atomic E-state index is 14.2. The average Bonchev–Trinajstić information content (AvgIpc) is 2.70. The van der Waals surface area contributed by atoms with Crippen molar-refractivity contribution in [3.8, 4) is 16.9 Å². The molecule has 29 heavy (non-hydrogen) atoms. The lowest BCUT2D eigenvalue weighted by Gasteiger charge is -2.12. The third-order valence-corrected chi connectivity index (χ3v) is 3.83. The van der Waals surface area contributed by atoms with Crippen LogP contribution in [-0.2, 0) is 0 Å². The van der Waals surface area contributed by atoms with Crippen LogP contribution < -0.4 is 17.0 Å². The molecule has 0 atom stereocenters. The molecule has 0 amide bonds. The van der Waals surface area contributed by atoms with Gasteiger partial charge in [0.1, 0.15) is 17.3 Å². The summed E-state index contributed by atoms with van der Waals surface area (Å²) in [4.78, 5) is 8.06. The van der Waals surface area contributed by atoms with Crippen LogP contribution in [0.25, 0.3) is 11.1 Å². The number of hydrogen-bond donors (Lipinski definition) is 4. The Balaban J connectivity index is 2.59. The number of aliphatic imine (C=N–C) groups is 1. The van der Waals surface area contributed by atoms with Gasteiger partial charge in [0.2, 0.25) is 0 Å². The minimum absolute atomic E-state index is 0.00845. The second-order valence-corrected chi connectivity index (χ2v) is 5.89. The zero-order valence-corrected chi connectivity index (χ0v) is 15.6. The molecular formula is C20H20F3N5O. The number of nitrogens with one attached hydrogen (secondary N) is 1. The van der Waals surface area contributed by atoms with Gasteiger partial charge >= 0.3 is 0 Å². The van der Waals surface area contributed by atoms with Crippen molar-refractivity contribution in [1.29, 1.82) is 0 Å². The molecule has 0 fully saturated rings. The van der Waals surface area contributed by atoms with Crippen molar-refractivity contribution in [1.82, 2.24) is 10.4 Å². The molecule has 0 bridgehead atoms. The largest absolute Gasteiger partial charge is 0.505 e. The number of aromatic nitrogens is 1. The Labute approximate surface area is 165 Å². The van der Waals surface area contributed by atoms with Crippen molar-refractivity contribution in [2.24, 2.45) is 10.8 Å². The highest BCUT2D eigenvalue weighted by atomic mass is 19.2. The molecule has 2 aromatic rings. The lowest BCUT2D eigenvalue weighted by Crippen LogP contribution is -2.32. The molecule has 0 unspecified atom stereocenters. The van der Waals surface area contributed by atoms with Gasteiger partial charge in [0.15, 0.2) is 23.2 Å². The number of allylic oxidation sites excluding steroid dienone is 4. The van der Waals surface area contributed by atoms with E-state index in [1.807, 2.05) is 0 Å². The van der Waals surface area contributed by atoms with E-state index in [1.54, 1.807) is 0 Å². The van der Waals surface area contributed by atoms with Crippen molar-refractivity contribution < 1.29 is 18.3 Å². The summed E-state index contributed by atoms with van der Waals surface area (Å²) in [6.45, 7) is 4.48. The van der Waals surface area contributed by atoms with Crippen LogP contribution in [-0.4, -0.2) is 15.9 Å². The highest BCUT2D eigenvalue weighted by molar-refractivity contribution is 6.03. The molecule has 0 saturated carbocycles. The summed E-state index contributed by atoms with van der Waals surface area (Å²) in [5.74, 6) is 1.92. The normalized spacial score (nSPS) is 13.1. The summed E-state index contributed by atoms with van der Waals surface area (Å²) in [7, 11) is 0. The molecule has 0 saturated heterocycles. The summed E-state index contributed by atoms with van der Waals surface area (Å²) in [5, 5.41) is 9.34. The van der Waals surface area contributed by atoms with Gasteiger partial charge in [0.05, 0.1) is 5.56 Å². The summed E-state index contributed by atoms with van der Waals surface area (Å²) in [6.07, 6.45) is 4.44. The maximum atomic E-state index is 14.2. The molecule has 0 radical (unpaired) electrons. The molecule has 0 aliphatic heterocycles. The van der Waals surface area contributed by atoms with Gasteiger partial charge in [-0.15, -0.1) is 6.58 Å². The monoisotopic (exact) mass is 403 g/mol. The molecule has 0 aliphatic rings. The molecule has 9 heteroatoms. The number of nitrogen functional groups attached to an aromatic ring is 1. The molecule has 1 aromatic carbocycles. The van der Waals surface area contributed by atoms with E-state index < -0.39 is 23.2 Å². The van der Waals surface area contributed by atoms with E-state index >= 15 is 0 Å². The van der Waals surface area contributed by atoms with E-state index in [-0.39, 0.29) is 29.3 Å².